The van der Waals surface area contributed by atoms with Crippen molar-refractivity contribution in [2.75, 3.05) is 0 Å². The summed E-state index contributed by atoms with van der Waals surface area (Å²) in [6.45, 7) is 2.19. The highest BCUT2D eigenvalue weighted by atomic mass is 16.3. The zero-order valence-corrected chi connectivity index (χ0v) is 10.4. The number of nitrogens with two attached hydrogens (primary N) is 1. The maximum atomic E-state index is 10.8. The van der Waals surface area contributed by atoms with E-state index in [1.165, 1.54) is 25.7 Å². The summed E-state index contributed by atoms with van der Waals surface area (Å²) in [7, 11) is 0. The van der Waals surface area contributed by atoms with Gasteiger partial charge in [-0.15, -0.1) is 0 Å². The third-order valence-electron chi connectivity index (χ3n) is 2.74. The molecule has 0 aromatic carbocycles. The Labute approximate surface area is 98.6 Å². The molecule has 0 saturated carbocycles. The third kappa shape index (κ3) is 9.93. The maximum absolute atomic E-state index is 10.8. The van der Waals surface area contributed by atoms with Crippen molar-refractivity contribution in [3.63, 3.8) is 0 Å². The lowest BCUT2D eigenvalue weighted by Gasteiger charge is -2.09. The van der Waals surface area contributed by atoms with Gasteiger partial charge in [0.1, 0.15) is 0 Å². The van der Waals surface area contributed by atoms with Crippen molar-refractivity contribution >= 4 is 5.91 Å². The van der Waals surface area contributed by atoms with Crippen molar-refractivity contribution in [1.82, 2.24) is 5.43 Å². The number of amides is 1. The topological polar surface area (TPSA) is 75.3 Å². The Hall–Kier alpha value is -0.610. The number of aliphatic hydroxyl groups excluding tert-OH is 1. The predicted molar refractivity (Wildman–Crippen MR) is 65.6 cm³/mol. The summed E-state index contributed by atoms with van der Waals surface area (Å²) < 4.78 is 0. The lowest BCUT2D eigenvalue weighted by Crippen LogP contribution is -2.29. The minimum Gasteiger partial charge on any atom is -0.393 e. The van der Waals surface area contributed by atoms with Gasteiger partial charge in [0.25, 0.3) is 0 Å². The summed E-state index contributed by atoms with van der Waals surface area (Å²) in [4.78, 5) is 10.8. The van der Waals surface area contributed by atoms with Gasteiger partial charge in [-0.05, 0) is 19.3 Å². The largest absolute Gasteiger partial charge is 0.393 e. The number of hydrazine groups is 1. The van der Waals surface area contributed by atoms with Crippen LogP contribution >= 0.6 is 0 Å². The Morgan fingerprint density at radius 1 is 1.19 bits per heavy atom. The molecule has 0 bridgehead atoms. The molecular weight excluding hydrogens is 204 g/mol. The standard InChI is InChI=1S/C12H26N2O2/c1-2-3-4-5-6-8-11(15)9-7-10-12(16)14-13/h11,15H,2-10,13H2,1H3,(H,14,16). The fourth-order valence-electron chi connectivity index (χ4n) is 1.70. The second-order valence-corrected chi connectivity index (χ2v) is 4.32. The molecule has 0 saturated heterocycles. The van der Waals surface area contributed by atoms with E-state index in [1.807, 2.05) is 0 Å². The first-order valence-electron chi connectivity index (χ1n) is 6.38. The van der Waals surface area contributed by atoms with Crippen LogP contribution in [-0.4, -0.2) is 17.1 Å². The highest BCUT2D eigenvalue weighted by Gasteiger charge is 2.05. The Bertz CT molecular complexity index is 174. The summed E-state index contributed by atoms with van der Waals surface area (Å²) in [6, 6.07) is 0. The van der Waals surface area contributed by atoms with E-state index >= 15 is 0 Å². The lowest BCUT2D eigenvalue weighted by atomic mass is 10.0. The number of rotatable bonds is 10. The molecule has 0 aliphatic rings. The van der Waals surface area contributed by atoms with Crippen molar-refractivity contribution in [2.24, 2.45) is 5.84 Å². The monoisotopic (exact) mass is 230 g/mol. The summed E-state index contributed by atoms with van der Waals surface area (Å²) in [5, 5.41) is 9.63. The van der Waals surface area contributed by atoms with Gasteiger partial charge in [-0.1, -0.05) is 39.0 Å². The fraction of sp³-hybridized carbons (Fsp3) is 0.917. The van der Waals surface area contributed by atoms with Crippen LogP contribution in [-0.2, 0) is 4.79 Å². The first-order valence-corrected chi connectivity index (χ1v) is 6.38. The minimum atomic E-state index is -0.257. The highest BCUT2D eigenvalue weighted by molar-refractivity contribution is 5.75. The van der Waals surface area contributed by atoms with E-state index in [9.17, 15) is 9.90 Å². The number of hydrogen-bond acceptors (Lipinski definition) is 3. The Kier molecular flexibility index (Phi) is 10.5. The van der Waals surface area contributed by atoms with Gasteiger partial charge in [0.05, 0.1) is 6.10 Å². The van der Waals surface area contributed by atoms with E-state index in [-0.39, 0.29) is 12.0 Å². The van der Waals surface area contributed by atoms with Crippen molar-refractivity contribution in [1.29, 1.82) is 0 Å². The fourth-order valence-corrected chi connectivity index (χ4v) is 1.70. The average molecular weight is 230 g/mol. The molecule has 1 atom stereocenters. The lowest BCUT2D eigenvalue weighted by molar-refractivity contribution is -0.121. The molecule has 0 heterocycles. The molecule has 4 N–H and O–H groups in total. The van der Waals surface area contributed by atoms with Gasteiger partial charge in [-0.25, -0.2) is 5.84 Å². The molecule has 16 heavy (non-hydrogen) atoms. The van der Waals surface area contributed by atoms with E-state index in [1.54, 1.807) is 0 Å². The van der Waals surface area contributed by atoms with Crippen LogP contribution in [0.5, 0.6) is 0 Å². The second-order valence-electron chi connectivity index (χ2n) is 4.32. The third-order valence-corrected chi connectivity index (χ3v) is 2.74. The van der Waals surface area contributed by atoms with Crippen LogP contribution < -0.4 is 11.3 Å². The first kappa shape index (κ1) is 15.4. The summed E-state index contributed by atoms with van der Waals surface area (Å²) in [5.74, 6) is 4.80. The summed E-state index contributed by atoms with van der Waals surface area (Å²) in [5.41, 5.74) is 2.08. The van der Waals surface area contributed by atoms with Gasteiger partial charge in [0, 0.05) is 6.42 Å². The van der Waals surface area contributed by atoms with Gasteiger partial charge >= 0.3 is 0 Å². The van der Waals surface area contributed by atoms with Gasteiger partial charge < -0.3 is 5.11 Å². The molecule has 1 amide bonds. The zero-order valence-electron chi connectivity index (χ0n) is 10.4. The number of unbranched alkanes of at least 4 members (excludes halogenated alkanes) is 4. The van der Waals surface area contributed by atoms with Crippen LogP contribution in [0, 0.1) is 0 Å². The van der Waals surface area contributed by atoms with E-state index in [4.69, 9.17) is 5.84 Å². The van der Waals surface area contributed by atoms with Crippen LogP contribution in [0.25, 0.3) is 0 Å². The Morgan fingerprint density at radius 2 is 1.81 bits per heavy atom. The van der Waals surface area contributed by atoms with E-state index < -0.39 is 0 Å². The molecule has 0 aromatic heterocycles. The van der Waals surface area contributed by atoms with Crippen molar-refractivity contribution in [3.8, 4) is 0 Å². The molecule has 4 nitrogen and oxygen atoms in total. The molecule has 4 heteroatoms. The van der Waals surface area contributed by atoms with Crippen LogP contribution in [0.15, 0.2) is 0 Å². The second kappa shape index (κ2) is 10.9. The molecule has 0 fully saturated rings. The molecule has 96 valence electrons. The molecule has 0 radical (unpaired) electrons. The number of nitrogens with one attached hydrogen (secondary N) is 1. The number of hydrogen-bond donors (Lipinski definition) is 3. The van der Waals surface area contributed by atoms with Gasteiger partial charge in [0.15, 0.2) is 0 Å². The number of aliphatic hydroxyl groups is 1. The smallest absolute Gasteiger partial charge is 0.233 e. The molecule has 0 spiro atoms. The SMILES string of the molecule is CCCCCCCC(O)CCCC(=O)NN. The highest BCUT2D eigenvalue weighted by Crippen LogP contribution is 2.11. The first-order chi connectivity index (χ1) is 7.70. The van der Waals surface area contributed by atoms with Gasteiger partial charge in [0.2, 0.25) is 5.91 Å². The predicted octanol–water partition coefficient (Wildman–Crippen LogP) is 1.87. The average Bonchev–Trinajstić information content (AvgIpc) is 2.28. The molecule has 0 aliphatic heterocycles. The summed E-state index contributed by atoms with van der Waals surface area (Å²) in [6.07, 6.45) is 8.49. The molecule has 0 rings (SSSR count). The Balaban J connectivity index is 3.24. The minimum absolute atomic E-state index is 0.157. The van der Waals surface area contributed by atoms with Crippen LogP contribution in [0.4, 0.5) is 0 Å². The van der Waals surface area contributed by atoms with Gasteiger partial charge in [-0.2, -0.15) is 0 Å². The number of carbonyl (C=O) groups excluding carboxylic acids is 1. The maximum Gasteiger partial charge on any atom is 0.233 e. The van der Waals surface area contributed by atoms with Gasteiger partial charge in [-0.3, -0.25) is 10.2 Å². The summed E-state index contributed by atoms with van der Waals surface area (Å²) >= 11 is 0. The van der Waals surface area contributed by atoms with Crippen LogP contribution in [0.3, 0.4) is 0 Å². The molecule has 0 aliphatic carbocycles. The Morgan fingerprint density at radius 3 is 2.44 bits per heavy atom. The molecular formula is C12H26N2O2. The van der Waals surface area contributed by atoms with E-state index in [0.29, 0.717) is 19.3 Å². The van der Waals surface area contributed by atoms with Crippen molar-refractivity contribution in [2.45, 2.75) is 70.8 Å². The van der Waals surface area contributed by atoms with E-state index in [0.717, 1.165) is 12.8 Å². The van der Waals surface area contributed by atoms with Crippen molar-refractivity contribution < 1.29 is 9.90 Å². The normalized spacial score (nSPS) is 12.4. The number of carbonyl (C=O) groups is 1. The molecule has 0 aromatic rings. The van der Waals surface area contributed by atoms with Crippen molar-refractivity contribution in [3.05, 3.63) is 0 Å². The van der Waals surface area contributed by atoms with Crippen LogP contribution in [0.1, 0.15) is 64.7 Å². The molecule has 1 unspecified atom stereocenters. The van der Waals surface area contributed by atoms with Crippen LogP contribution in [0.2, 0.25) is 0 Å². The van der Waals surface area contributed by atoms with E-state index in [2.05, 4.69) is 12.3 Å². The zero-order chi connectivity index (χ0) is 12.2. The quantitative estimate of drug-likeness (QED) is 0.232.